The Morgan fingerprint density at radius 3 is 2.93 bits per heavy atom. The molecule has 0 N–H and O–H groups in total. The van der Waals surface area contributed by atoms with E-state index in [9.17, 15) is 0 Å². The first kappa shape index (κ1) is 17.7. The van der Waals surface area contributed by atoms with Gasteiger partial charge >= 0.3 is 0 Å². The van der Waals surface area contributed by atoms with Crippen molar-refractivity contribution < 1.29 is 14.2 Å². The summed E-state index contributed by atoms with van der Waals surface area (Å²) in [6.45, 7) is 8.44. The lowest BCUT2D eigenvalue weighted by Crippen LogP contribution is -2.45. The molecule has 0 radical (unpaired) electrons. The van der Waals surface area contributed by atoms with Crippen molar-refractivity contribution in [1.82, 2.24) is 14.5 Å². The van der Waals surface area contributed by atoms with Gasteiger partial charge in [0, 0.05) is 31.4 Å². The number of hydrogen-bond acceptors (Lipinski definition) is 6. The van der Waals surface area contributed by atoms with Crippen LogP contribution in [0.5, 0.6) is 11.5 Å². The highest BCUT2D eigenvalue weighted by Gasteiger charge is 2.46. The molecule has 0 unspecified atom stereocenters. The van der Waals surface area contributed by atoms with E-state index >= 15 is 0 Å². The second-order valence-electron chi connectivity index (χ2n) is 7.81. The number of hydrogen-bond donors (Lipinski definition) is 0. The van der Waals surface area contributed by atoms with Gasteiger partial charge in [0.1, 0.15) is 12.4 Å². The number of rotatable bonds is 3. The zero-order chi connectivity index (χ0) is 19.3. The van der Waals surface area contributed by atoms with Crippen LogP contribution in [0.15, 0.2) is 43.0 Å². The lowest BCUT2D eigenvalue weighted by Gasteiger charge is -2.40. The topological polar surface area (TPSA) is 48.8 Å². The summed E-state index contributed by atoms with van der Waals surface area (Å²) in [6, 6.07) is 4.56. The maximum Gasteiger partial charge on any atom is 0.269 e. The molecule has 0 bridgehead atoms. The van der Waals surface area contributed by atoms with Crippen LogP contribution in [0, 0.1) is 0 Å². The van der Waals surface area contributed by atoms with Crippen LogP contribution in [-0.2, 0) is 11.3 Å². The molecule has 4 heterocycles. The van der Waals surface area contributed by atoms with Crippen LogP contribution in [0.2, 0.25) is 0 Å². The first-order valence-electron chi connectivity index (χ1n) is 9.60. The van der Waals surface area contributed by atoms with E-state index in [1.165, 1.54) is 16.7 Å². The number of nitrogens with zero attached hydrogens (tertiary/aromatic N) is 3. The molecule has 0 saturated carbocycles. The fourth-order valence-corrected chi connectivity index (χ4v) is 4.95. The van der Waals surface area contributed by atoms with Gasteiger partial charge in [-0.05, 0) is 55.2 Å². The van der Waals surface area contributed by atoms with Gasteiger partial charge in [-0.25, -0.2) is 4.98 Å². The molecule has 7 heteroatoms. The average Bonchev–Trinajstić information content (AvgIpc) is 3.40. The fraction of sp³-hybridized carbons (Fsp3) is 0.429. The number of thiocarbonyl (C=S) groups is 1. The van der Waals surface area contributed by atoms with Gasteiger partial charge in [0.25, 0.3) is 5.17 Å². The van der Waals surface area contributed by atoms with E-state index in [2.05, 4.69) is 35.5 Å². The van der Waals surface area contributed by atoms with Crippen LogP contribution >= 0.6 is 12.2 Å². The summed E-state index contributed by atoms with van der Waals surface area (Å²) in [5.74, 6) is 1.97. The minimum Gasteiger partial charge on any atom is -0.465 e. The van der Waals surface area contributed by atoms with Crippen LogP contribution in [0.25, 0.3) is 0 Å². The molecule has 2 aromatic rings. The van der Waals surface area contributed by atoms with Crippen molar-refractivity contribution in [2.24, 2.45) is 0 Å². The number of aromatic nitrogens is 2. The van der Waals surface area contributed by atoms with Gasteiger partial charge in [0.15, 0.2) is 11.5 Å². The molecule has 0 spiro atoms. The van der Waals surface area contributed by atoms with Crippen LogP contribution in [0.3, 0.4) is 0 Å². The van der Waals surface area contributed by atoms with E-state index in [-0.39, 0.29) is 18.1 Å². The van der Waals surface area contributed by atoms with Crippen molar-refractivity contribution in [3.63, 3.8) is 0 Å². The molecule has 5 rings (SSSR count). The molecule has 3 atom stereocenters. The van der Waals surface area contributed by atoms with Gasteiger partial charge in [-0.3, -0.25) is 9.47 Å². The third kappa shape index (κ3) is 2.99. The van der Waals surface area contributed by atoms with Crippen molar-refractivity contribution in [1.29, 1.82) is 0 Å². The minimum absolute atomic E-state index is 0.0397. The summed E-state index contributed by atoms with van der Waals surface area (Å²) in [4.78, 5) is 6.58. The van der Waals surface area contributed by atoms with Crippen LogP contribution < -0.4 is 9.47 Å². The minimum atomic E-state index is 0.0397. The molecular formula is C21H23N3O3S. The Morgan fingerprint density at radius 1 is 1.36 bits per heavy atom. The Balaban J connectivity index is 1.48. The zero-order valence-electron chi connectivity index (χ0n) is 15.8. The average molecular weight is 398 g/mol. The molecule has 1 saturated heterocycles. The summed E-state index contributed by atoms with van der Waals surface area (Å²) in [6.07, 6.45) is 7.10. The van der Waals surface area contributed by atoms with Crippen molar-refractivity contribution in [3.05, 3.63) is 54.1 Å². The van der Waals surface area contributed by atoms with E-state index < -0.39 is 0 Å². The Labute approximate surface area is 169 Å². The number of imidazole rings is 1. The van der Waals surface area contributed by atoms with Gasteiger partial charge in [-0.2, -0.15) is 0 Å². The summed E-state index contributed by atoms with van der Waals surface area (Å²) in [7, 11) is 0. The van der Waals surface area contributed by atoms with Gasteiger partial charge in [0.05, 0.1) is 6.04 Å². The van der Waals surface area contributed by atoms with E-state index in [0.29, 0.717) is 12.0 Å². The Kier molecular flexibility index (Phi) is 4.36. The van der Waals surface area contributed by atoms with E-state index in [1.54, 1.807) is 17.1 Å². The van der Waals surface area contributed by atoms with E-state index in [0.717, 1.165) is 37.4 Å². The molecule has 0 aliphatic carbocycles. The third-order valence-electron chi connectivity index (χ3n) is 5.86. The number of fused-ring (bicyclic) bond motifs is 3. The van der Waals surface area contributed by atoms with Crippen LogP contribution in [0.1, 0.15) is 36.8 Å². The van der Waals surface area contributed by atoms with Crippen LogP contribution in [-0.4, -0.2) is 45.1 Å². The molecule has 28 heavy (non-hydrogen) atoms. The Morgan fingerprint density at radius 2 is 2.18 bits per heavy atom. The maximum atomic E-state index is 6.27. The molecule has 1 aromatic carbocycles. The lowest BCUT2D eigenvalue weighted by molar-refractivity contribution is 0.0932. The molecule has 1 fully saturated rings. The first-order chi connectivity index (χ1) is 13.6. The second kappa shape index (κ2) is 6.90. The smallest absolute Gasteiger partial charge is 0.269 e. The molecule has 0 amide bonds. The third-order valence-corrected chi connectivity index (χ3v) is 6.17. The largest absolute Gasteiger partial charge is 0.465 e. The monoisotopic (exact) mass is 397 g/mol. The summed E-state index contributed by atoms with van der Waals surface area (Å²) in [5.41, 5.74) is 3.79. The summed E-state index contributed by atoms with van der Waals surface area (Å²) >= 11 is 5.50. The van der Waals surface area contributed by atoms with Gasteiger partial charge in [-0.1, -0.05) is 5.57 Å². The summed E-state index contributed by atoms with van der Waals surface area (Å²) < 4.78 is 19.3. The maximum absolute atomic E-state index is 6.27. The first-order valence-corrected chi connectivity index (χ1v) is 10.0. The predicted molar refractivity (Wildman–Crippen MR) is 109 cm³/mol. The highest BCUT2D eigenvalue weighted by molar-refractivity contribution is 7.80. The number of benzene rings is 1. The second-order valence-corrected chi connectivity index (χ2v) is 8.16. The highest BCUT2D eigenvalue weighted by atomic mass is 32.1. The van der Waals surface area contributed by atoms with Crippen LogP contribution in [0.4, 0.5) is 0 Å². The van der Waals surface area contributed by atoms with Crippen molar-refractivity contribution in [2.75, 3.05) is 13.3 Å². The van der Waals surface area contributed by atoms with E-state index in [1.807, 2.05) is 6.20 Å². The predicted octanol–water partition coefficient (Wildman–Crippen LogP) is 3.47. The number of ether oxygens (including phenoxy) is 3. The molecule has 6 nitrogen and oxygen atoms in total. The molecule has 3 aliphatic rings. The fourth-order valence-electron chi connectivity index (χ4n) is 4.72. The van der Waals surface area contributed by atoms with Crippen molar-refractivity contribution in [3.8, 4) is 11.5 Å². The molecule has 1 aromatic heterocycles. The normalized spacial score (nSPS) is 25.2. The van der Waals surface area contributed by atoms with Crippen molar-refractivity contribution in [2.45, 2.75) is 44.4 Å². The Bertz CT molecular complexity index is 927. The molecular weight excluding hydrogens is 374 g/mol. The van der Waals surface area contributed by atoms with Gasteiger partial charge in [0.2, 0.25) is 6.79 Å². The van der Waals surface area contributed by atoms with Gasteiger partial charge in [-0.15, -0.1) is 6.58 Å². The SMILES string of the molecule is C=C(C)C[C@@H]1c2cc3c(cc2CN2CC[C@H](OC(=S)n4ccnc4)[C@@H]12)OCO3. The summed E-state index contributed by atoms with van der Waals surface area (Å²) in [5, 5.41) is 0.454. The quantitative estimate of drug-likeness (QED) is 0.584. The zero-order valence-corrected chi connectivity index (χ0v) is 16.7. The van der Waals surface area contributed by atoms with E-state index in [4.69, 9.17) is 26.4 Å². The molecule has 3 aliphatic heterocycles. The highest BCUT2D eigenvalue weighted by Crippen LogP contribution is 2.47. The van der Waals surface area contributed by atoms with Gasteiger partial charge < -0.3 is 14.2 Å². The lowest BCUT2D eigenvalue weighted by atomic mass is 9.79. The molecule has 146 valence electrons. The Hall–Kier alpha value is -2.38. The number of allylic oxidation sites excluding steroid dienone is 1. The standard InChI is InChI=1S/C21H23N3O3S/c1-13(2)7-16-15-9-19-18(25-12-26-19)8-14(15)10-23-5-3-17(20(16)23)27-21(28)24-6-4-22-11-24/h4,6,8-9,11,16-17,20H,1,3,5,7,10,12H2,2H3/t16-,17+,20-/m1/s1. The van der Waals surface area contributed by atoms with Crippen molar-refractivity contribution >= 4 is 17.4 Å².